The van der Waals surface area contributed by atoms with Gasteiger partial charge < -0.3 is 10.2 Å². The predicted molar refractivity (Wildman–Crippen MR) is 64.7 cm³/mol. The first kappa shape index (κ1) is 21.2. The van der Waals surface area contributed by atoms with Crippen molar-refractivity contribution in [3.8, 4) is 0 Å². The van der Waals surface area contributed by atoms with E-state index < -0.39 is 0 Å². The van der Waals surface area contributed by atoms with Gasteiger partial charge in [0.15, 0.2) is 0 Å². The number of hydrogen-bond donors (Lipinski definition) is 2. The minimum absolute atomic E-state index is 0. The molecular weight excluding hydrogens is 373 g/mol. The van der Waals surface area contributed by atoms with Crippen LogP contribution in [0, 0.1) is 11.8 Å². The van der Waals surface area contributed by atoms with E-state index in [1.54, 1.807) is 13.8 Å². The number of aliphatic hydroxyl groups excluding tert-OH is 2. The average Bonchev–Trinajstić information content (AvgIpc) is 2.02. The number of allylic oxidation sites excluding steroid dienone is 2. The summed E-state index contributed by atoms with van der Waals surface area (Å²) in [6.07, 6.45) is 1.26. The van der Waals surface area contributed by atoms with Crippen LogP contribution in [0.4, 0.5) is 0 Å². The Morgan fingerprint density at radius 3 is 1.50 bits per heavy atom. The number of rotatable bonds is 3. The second-order valence-corrected chi connectivity index (χ2v) is 4.40. The second kappa shape index (κ2) is 11.4. The topological polar surface area (TPSA) is 61.9 Å². The van der Waals surface area contributed by atoms with E-state index in [9.17, 15) is 9.90 Å². The molecule has 3 nitrogen and oxygen atoms in total. The van der Waals surface area contributed by atoms with Gasteiger partial charge in [-0.3, -0.25) is 4.79 Å². The van der Waals surface area contributed by atoms with Crippen LogP contribution in [0.3, 0.4) is 0 Å². The third-order valence-corrected chi connectivity index (χ3v) is 1.48. The van der Waals surface area contributed by atoms with Crippen molar-refractivity contribution in [2.45, 2.75) is 47.6 Å². The summed E-state index contributed by atoms with van der Waals surface area (Å²) in [5.41, 5.74) is 0. The number of aliphatic hydroxyl groups is 2. The van der Waals surface area contributed by atoms with E-state index in [-0.39, 0.29) is 51.9 Å². The van der Waals surface area contributed by atoms with Gasteiger partial charge in [-0.1, -0.05) is 27.7 Å². The van der Waals surface area contributed by atoms with E-state index in [0.29, 0.717) is 0 Å². The van der Waals surface area contributed by atoms with E-state index in [0.717, 1.165) is 0 Å². The van der Waals surface area contributed by atoms with Gasteiger partial charge in [0.05, 0.1) is 12.0 Å². The van der Waals surface area contributed by atoms with Crippen molar-refractivity contribution in [1.82, 2.24) is 0 Å². The fourth-order valence-electron chi connectivity index (χ4n) is 0.485. The fraction of sp³-hybridized carbons (Fsp3) is 0.750. The van der Waals surface area contributed by atoms with Gasteiger partial charge in [0.1, 0.15) is 5.76 Å². The van der Waals surface area contributed by atoms with Crippen LogP contribution < -0.4 is 0 Å². The smallest absolute Gasteiger partial charge is 0.322 e. The van der Waals surface area contributed by atoms with E-state index >= 15 is 0 Å². The molecule has 0 saturated heterocycles. The largest absolute Gasteiger partial charge is 0.512 e. The van der Waals surface area contributed by atoms with Crippen LogP contribution >= 0.6 is 0 Å². The quantitative estimate of drug-likeness (QED) is 0.436. The Balaban J connectivity index is -0.000000292. The molecule has 0 bridgehead atoms. The molecule has 0 aromatic heterocycles. The molecule has 3 N–H and O–H groups in total. The summed E-state index contributed by atoms with van der Waals surface area (Å²) in [6, 6.07) is 0. The third kappa shape index (κ3) is 16.3. The van der Waals surface area contributed by atoms with Gasteiger partial charge in [0, 0.05) is 34.4 Å². The molecule has 1 radical (unpaired) electrons. The first-order valence-corrected chi connectivity index (χ1v) is 5.32. The van der Waals surface area contributed by atoms with Crippen molar-refractivity contribution in [3.63, 3.8) is 0 Å². The molecule has 4 heteroatoms. The summed E-state index contributed by atoms with van der Waals surface area (Å²) in [5, 5.41) is 17.3. The average molecular weight is 398 g/mol. The van der Waals surface area contributed by atoms with Crippen molar-refractivity contribution >= 4 is 5.78 Å². The Bertz CT molecular complexity index is 206. The minimum atomic E-state index is -0.167. The van der Waals surface area contributed by atoms with Crippen LogP contribution in [0.2, 0.25) is 0 Å². The second-order valence-electron chi connectivity index (χ2n) is 4.40. The normalized spacial score (nSPS) is 11.0. The van der Waals surface area contributed by atoms with Crippen molar-refractivity contribution < 1.29 is 37.4 Å². The summed E-state index contributed by atoms with van der Waals surface area (Å²) in [5.74, 6) is 0.624. The summed E-state index contributed by atoms with van der Waals surface area (Å²) in [6.45, 7) is 10.9. The maximum atomic E-state index is 9.23. The van der Waals surface area contributed by atoms with Crippen LogP contribution in [0.1, 0.15) is 41.5 Å². The van der Waals surface area contributed by atoms with Crippen LogP contribution in [-0.4, -0.2) is 26.9 Å². The minimum Gasteiger partial charge on any atom is -0.512 e. The number of hydrogen-bond acceptors (Lipinski definition) is 2. The first-order chi connectivity index (χ1) is 6.68. The molecule has 0 unspecified atom stereocenters. The van der Waals surface area contributed by atoms with Crippen molar-refractivity contribution in [1.29, 1.82) is 0 Å². The Labute approximate surface area is 114 Å². The molecule has 0 aromatic rings. The van der Waals surface area contributed by atoms with E-state index in [1.165, 1.54) is 6.08 Å². The Hall–Kier alpha value is -0.0897. The van der Waals surface area contributed by atoms with Gasteiger partial charge in [-0.25, -0.2) is 0 Å². The van der Waals surface area contributed by atoms with Crippen molar-refractivity contribution in [3.05, 3.63) is 11.8 Å². The zero-order chi connectivity index (χ0) is 12.6. The van der Waals surface area contributed by atoms with Crippen LogP contribution in [0.15, 0.2) is 11.8 Å². The zero-order valence-electron chi connectivity index (χ0n) is 11.1. The van der Waals surface area contributed by atoms with Gasteiger partial charge >= 0.3 is 5.78 Å². The molecule has 0 aliphatic carbocycles. The van der Waals surface area contributed by atoms with Gasteiger partial charge in [0.2, 0.25) is 0 Å². The summed E-state index contributed by atoms with van der Waals surface area (Å²) in [7, 11) is 0. The van der Waals surface area contributed by atoms with Gasteiger partial charge in [-0.2, -0.15) is 0 Å². The first-order valence-electron chi connectivity index (χ1n) is 5.32. The molecule has 0 rings (SSSR count). The summed E-state index contributed by atoms with van der Waals surface area (Å²) < 4.78 is 0. The molecular formula is C12H25O3Ta+. The van der Waals surface area contributed by atoms with Gasteiger partial charge in [-0.05, 0) is 13.8 Å². The molecule has 0 saturated carbocycles. The summed E-state index contributed by atoms with van der Waals surface area (Å²) >= 11 is 0. The molecule has 0 aliphatic heterocycles. The van der Waals surface area contributed by atoms with Crippen LogP contribution in [0.25, 0.3) is 0 Å². The molecule has 16 heavy (non-hydrogen) atoms. The molecule has 95 valence electrons. The van der Waals surface area contributed by atoms with E-state index in [1.807, 2.05) is 27.7 Å². The number of ketones is 1. The van der Waals surface area contributed by atoms with Gasteiger partial charge in [-0.15, -0.1) is 0 Å². The standard InChI is InChI=1S/C9H16O2.C3H8O.Ta/c1-6(2)8(10)5-9(11)7(3)4;1-3(2)4;/h5-7,10H,1-4H3;3-4H,1-2H3;/p+1/b8-5-;;. The zero-order valence-corrected chi connectivity index (χ0v) is 14.3. The molecule has 0 aromatic carbocycles. The molecule has 0 heterocycles. The van der Waals surface area contributed by atoms with E-state index in [4.69, 9.17) is 5.11 Å². The molecule has 0 amide bonds. The Morgan fingerprint density at radius 1 is 1.00 bits per heavy atom. The predicted octanol–water partition coefficient (Wildman–Crippen LogP) is 2.67. The maximum Gasteiger partial charge on any atom is 0.322 e. The fourth-order valence-corrected chi connectivity index (χ4v) is 0.485. The summed E-state index contributed by atoms with van der Waals surface area (Å²) in [4.78, 5) is 9.23. The number of carbonyl (C=O) groups excluding carboxylic acids is 1. The van der Waals surface area contributed by atoms with Crippen molar-refractivity contribution in [2.24, 2.45) is 11.8 Å². The molecule has 0 spiro atoms. The van der Waals surface area contributed by atoms with E-state index in [2.05, 4.69) is 0 Å². The maximum absolute atomic E-state index is 9.23. The molecule has 0 aliphatic rings. The Kier molecular flexibility index (Phi) is 15.1. The Morgan fingerprint density at radius 2 is 1.31 bits per heavy atom. The third-order valence-electron chi connectivity index (χ3n) is 1.48. The van der Waals surface area contributed by atoms with Gasteiger partial charge in [0.25, 0.3) is 0 Å². The monoisotopic (exact) mass is 398 g/mol. The molecule has 0 fully saturated rings. The van der Waals surface area contributed by atoms with Crippen molar-refractivity contribution in [2.75, 3.05) is 0 Å². The molecule has 0 atom stereocenters. The van der Waals surface area contributed by atoms with Crippen LogP contribution in [0.5, 0.6) is 0 Å². The van der Waals surface area contributed by atoms with Crippen LogP contribution in [-0.2, 0) is 22.4 Å². The SMILES string of the molecule is CC(C)C(=[OH+])/C=C(\O)C(C)C.CC(C)O.[Ta].